The molecule has 0 saturated carbocycles. The summed E-state index contributed by atoms with van der Waals surface area (Å²) in [6, 6.07) is -2.31. The molecule has 1 aliphatic rings. The normalized spacial score (nSPS) is 20.5. The number of thiazole rings is 1. The number of nitrogens with one attached hydrogen (secondary N) is 1. The van der Waals surface area contributed by atoms with Crippen LogP contribution < -0.4 is 11.1 Å². The molecule has 5 N–H and O–H groups in total. The van der Waals surface area contributed by atoms with Gasteiger partial charge in [0.2, 0.25) is 5.60 Å². The number of carbonyl (C=O) groups excluding carboxylic acids is 2. The molecule has 13 nitrogen and oxygen atoms in total. The van der Waals surface area contributed by atoms with Gasteiger partial charge in [0.1, 0.15) is 11.7 Å². The average Bonchev–Trinajstić information content (AvgIpc) is 2.97. The van der Waals surface area contributed by atoms with E-state index in [1.807, 2.05) is 0 Å². The van der Waals surface area contributed by atoms with Crippen molar-refractivity contribution in [2.45, 2.75) is 38.5 Å². The van der Waals surface area contributed by atoms with E-state index in [4.69, 9.17) is 20.2 Å². The van der Waals surface area contributed by atoms with Gasteiger partial charge in [-0.25, -0.2) is 14.1 Å². The number of carboxylic acids is 1. The number of anilines is 1. The summed E-state index contributed by atoms with van der Waals surface area (Å²) in [5.74, 6) is -3.38. The largest absolute Gasteiger partial charge is 0.478 e. The first-order valence-corrected chi connectivity index (χ1v) is 9.86. The molecule has 2 heterocycles. The maximum absolute atomic E-state index is 12.6. The lowest BCUT2D eigenvalue weighted by molar-refractivity contribution is -0.161. The first-order valence-electron chi connectivity index (χ1n) is 7.58. The Kier molecular flexibility index (Phi) is 5.63. The number of nitrogens with zero attached hydrogens (tertiary/aromatic N) is 3. The molecule has 0 bridgehead atoms. The van der Waals surface area contributed by atoms with Crippen molar-refractivity contribution in [3.05, 3.63) is 11.1 Å². The van der Waals surface area contributed by atoms with Crippen molar-refractivity contribution >= 4 is 50.3 Å². The fourth-order valence-corrected chi connectivity index (χ4v) is 3.54. The minimum Gasteiger partial charge on any atom is -0.478 e. The van der Waals surface area contributed by atoms with Crippen LogP contribution in [0.25, 0.3) is 0 Å². The Hall–Kier alpha value is -2.78. The lowest BCUT2D eigenvalue weighted by atomic mass is 10.0. The standard InChI is InChI=1S/C13H17N5O8S2/c1-5-7(10(20)18(5)28(23,24)25)16-9(19)8(6-4-27-12(14)15-6)17-26-13(2,3)11(21)22/h4-5,7H,1-3H3,(H2,14,15)(H,16,19)(H,21,22)(H,23,24,25)/t5-,7?/m0/s1. The van der Waals surface area contributed by atoms with Crippen molar-refractivity contribution in [1.29, 1.82) is 0 Å². The molecule has 2 rings (SSSR count). The maximum atomic E-state index is 12.6. The molecule has 154 valence electrons. The van der Waals surface area contributed by atoms with E-state index in [9.17, 15) is 22.8 Å². The Bertz CT molecular complexity index is 954. The number of carboxylic acid groups (broad SMARTS) is 1. The summed E-state index contributed by atoms with van der Waals surface area (Å²) < 4.78 is 31.4. The zero-order chi connectivity index (χ0) is 21.4. The minimum absolute atomic E-state index is 0.0350. The lowest BCUT2D eigenvalue weighted by Crippen LogP contribution is -2.71. The molecule has 0 aromatic carbocycles. The highest BCUT2D eigenvalue weighted by atomic mass is 32.2. The summed E-state index contributed by atoms with van der Waals surface area (Å²) in [4.78, 5) is 44.4. The van der Waals surface area contributed by atoms with Crippen molar-refractivity contribution in [3.8, 4) is 0 Å². The van der Waals surface area contributed by atoms with Crippen LogP contribution in [0.3, 0.4) is 0 Å². The highest BCUT2D eigenvalue weighted by molar-refractivity contribution is 7.84. The number of aliphatic carboxylic acids is 1. The number of oxime groups is 1. The molecule has 0 aliphatic carbocycles. The molecular formula is C13H17N5O8S2. The van der Waals surface area contributed by atoms with Gasteiger partial charge in [0.15, 0.2) is 10.8 Å². The number of rotatable bonds is 7. The quantitative estimate of drug-likeness (QED) is 0.175. The van der Waals surface area contributed by atoms with Crippen LogP contribution in [-0.4, -0.2) is 68.5 Å². The maximum Gasteiger partial charge on any atom is 0.362 e. The summed E-state index contributed by atoms with van der Waals surface area (Å²) in [7, 11) is -4.76. The third-order valence-electron chi connectivity index (χ3n) is 3.73. The van der Waals surface area contributed by atoms with Crippen LogP contribution in [0.15, 0.2) is 10.5 Å². The molecule has 1 saturated heterocycles. The number of hydrogen-bond donors (Lipinski definition) is 4. The second-order valence-electron chi connectivity index (χ2n) is 6.22. The molecule has 1 aliphatic heterocycles. The molecule has 1 unspecified atom stereocenters. The second-order valence-corrected chi connectivity index (χ2v) is 8.40. The predicted molar refractivity (Wildman–Crippen MR) is 95.7 cm³/mol. The molecule has 0 spiro atoms. The first kappa shape index (κ1) is 21.5. The van der Waals surface area contributed by atoms with Gasteiger partial charge in [0.05, 0.1) is 6.04 Å². The topological polar surface area (TPSA) is 202 Å². The van der Waals surface area contributed by atoms with Crippen LogP contribution in [0.4, 0.5) is 5.13 Å². The van der Waals surface area contributed by atoms with E-state index in [0.717, 1.165) is 11.3 Å². The van der Waals surface area contributed by atoms with Crippen LogP contribution >= 0.6 is 11.3 Å². The number of nitrogens with two attached hydrogens (primary N) is 1. The van der Waals surface area contributed by atoms with Crippen molar-refractivity contribution in [2.75, 3.05) is 5.73 Å². The zero-order valence-electron chi connectivity index (χ0n) is 14.8. The Morgan fingerprint density at radius 2 is 2.07 bits per heavy atom. The number of β-lactam (4-membered cyclic amide) rings is 1. The lowest BCUT2D eigenvalue weighted by Gasteiger charge is -2.42. The number of nitrogen functional groups attached to an aromatic ring is 1. The Labute approximate surface area is 163 Å². The molecule has 2 atom stereocenters. The summed E-state index contributed by atoms with van der Waals surface area (Å²) >= 11 is 0.980. The van der Waals surface area contributed by atoms with Crippen LogP contribution in [0.5, 0.6) is 0 Å². The summed E-state index contributed by atoms with van der Waals surface area (Å²) in [6.07, 6.45) is 0. The molecule has 0 radical (unpaired) electrons. The van der Waals surface area contributed by atoms with Crippen molar-refractivity contribution in [1.82, 2.24) is 14.6 Å². The van der Waals surface area contributed by atoms with Crippen LogP contribution in [-0.2, 0) is 29.5 Å². The highest BCUT2D eigenvalue weighted by Gasteiger charge is 2.51. The molecule has 1 aromatic heterocycles. The number of amides is 2. The van der Waals surface area contributed by atoms with Crippen molar-refractivity contribution < 1.29 is 37.3 Å². The van der Waals surface area contributed by atoms with Crippen LogP contribution in [0.1, 0.15) is 26.5 Å². The van der Waals surface area contributed by atoms with Gasteiger partial charge < -0.3 is 21.0 Å². The van der Waals surface area contributed by atoms with Gasteiger partial charge in [-0.15, -0.1) is 11.3 Å². The Balaban J connectivity index is 2.26. The van der Waals surface area contributed by atoms with Crippen LogP contribution in [0, 0.1) is 0 Å². The van der Waals surface area contributed by atoms with E-state index in [2.05, 4.69) is 15.5 Å². The fourth-order valence-electron chi connectivity index (χ4n) is 2.11. The Morgan fingerprint density at radius 3 is 2.50 bits per heavy atom. The van der Waals surface area contributed by atoms with E-state index < -0.39 is 51.5 Å². The summed E-state index contributed by atoms with van der Waals surface area (Å²) in [5.41, 5.74) is 3.26. The van der Waals surface area contributed by atoms with E-state index in [0.29, 0.717) is 0 Å². The minimum atomic E-state index is -4.76. The van der Waals surface area contributed by atoms with Gasteiger partial charge in [-0.2, -0.15) is 8.42 Å². The number of aromatic nitrogens is 1. The number of carbonyl (C=O) groups is 3. The smallest absolute Gasteiger partial charge is 0.362 e. The molecule has 1 fully saturated rings. The monoisotopic (exact) mass is 435 g/mol. The van der Waals surface area contributed by atoms with E-state index >= 15 is 0 Å². The van der Waals surface area contributed by atoms with Crippen LogP contribution in [0.2, 0.25) is 0 Å². The van der Waals surface area contributed by atoms with Gasteiger partial charge in [0, 0.05) is 5.38 Å². The van der Waals surface area contributed by atoms with E-state index in [-0.39, 0.29) is 15.1 Å². The molecule has 28 heavy (non-hydrogen) atoms. The molecular weight excluding hydrogens is 418 g/mol. The number of hydrogen-bond acceptors (Lipinski definition) is 10. The van der Waals surface area contributed by atoms with Gasteiger partial charge in [-0.05, 0) is 20.8 Å². The van der Waals surface area contributed by atoms with Gasteiger partial charge in [0.25, 0.3) is 11.8 Å². The SMILES string of the molecule is C[C@H]1C(NC(=O)C(=NOC(C)(C)C(=O)O)c2csc(N)n2)C(=O)N1S(=O)(=O)O. The molecule has 15 heteroatoms. The Morgan fingerprint density at radius 1 is 1.46 bits per heavy atom. The van der Waals surface area contributed by atoms with E-state index in [1.165, 1.54) is 26.2 Å². The van der Waals surface area contributed by atoms with Gasteiger partial charge in [-0.1, -0.05) is 5.16 Å². The fraction of sp³-hybridized carbons (Fsp3) is 0.462. The summed E-state index contributed by atoms with van der Waals surface area (Å²) in [5, 5.41) is 16.3. The molecule has 1 aromatic rings. The van der Waals surface area contributed by atoms with Gasteiger partial charge in [-0.3, -0.25) is 14.1 Å². The third-order valence-corrected chi connectivity index (χ3v) is 5.41. The van der Waals surface area contributed by atoms with E-state index in [1.54, 1.807) is 0 Å². The van der Waals surface area contributed by atoms with Gasteiger partial charge >= 0.3 is 16.3 Å². The third kappa shape index (κ3) is 4.20. The highest BCUT2D eigenvalue weighted by Crippen LogP contribution is 2.23. The second kappa shape index (κ2) is 7.33. The summed E-state index contributed by atoms with van der Waals surface area (Å²) in [6.45, 7) is 3.69. The first-order chi connectivity index (χ1) is 12.8. The predicted octanol–water partition coefficient (Wildman–Crippen LogP) is -1.17. The average molecular weight is 435 g/mol. The zero-order valence-corrected chi connectivity index (χ0v) is 16.4. The van der Waals surface area contributed by atoms with Crippen molar-refractivity contribution in [3.63, 3.8) is 0 Å². The molecule has 2 amide bonds. The van der Waals surface area contributed by atoms with Crippen molar-refractivity contribution in [2.24, 2.45) is 5.16 Å².